The van der Waals surface area contributed by atoms with Crippen LogP contribution >= 0.6 is 0 Å². The molecule has 2 aromatic heterocycles. The second kappa shape index (κ2) is 4.81. The van der Waals surface area contributed by atoms with Gasteiger partial charge in [-0.05, 0) is 12.1 Å². The van der Waals surface area contributed by atoms with Crippen LogP contribution in [0.25, 0.3) is 11.0 Å². The van der Waals surface area contributed by atoms with Gasteiger partial charge in [-0.1, -0.05) is 0 Å². The molecule has 3 heterocycles. The van der Waals surface area contributed by atoms with Crippen LogP contribution in [0.2, 0.25) is 0 Å². The van der Waals surface area contributed by atoms with E-state index in [9.17, 15) is 13.5 Å². The molecule has 0 aromatic carbocycles. The number of hydrogen-bond donors (Lipinski definition) is 3. The van der Waals surface area contributed by atoms with E-state index in [-0.39, 0.29) is 4.90 Å². The molecular formula is C12H16N4O3S. The Labute approximate surface area is 116 Å². The number of nitrogens with zero attached hydrogens (tertiary/aromatic N) is 2. The molecule has 0 amide bonds. The number of pyridine rings is 1. The summed E-state index contributed by atoms with van der Waals surface area (Å²) in [7, 11) is -2.19. The molecule has 8 heteroatoms. The third-order valence-electron chi connectivity index (χ3n) is 3.69. The number of sulfonamides is 1. The van der Waals surface area contributed by atoms with Crippen LogP contribution in [-0.4, -0.2) is 60.1 Å². The van der Waals surface area contributed by atoms with E-state index in [1.807, 2.05) is 0 Å². The number of nitrogens with one attached hydrogen (secondary N) is 2. The molecule has 20 heavy (non-hydrogen) atoms. The van der Waals surface area contributed by atoms with Gasteiger partial charge in [0.15, 0.2) is 0 Å². The van der Waals surface area contributed by atoms with Gasteiger partial charge in [0.1, 0.15) is 10.5 Å². The molecule has 1 fully saturated rings. The molecule has 0 bridgehead atoms. The van der Waals surface area contributed by atoms with E-state index in [4.69, 9.17) is 0 Å². The number of aliphatic hydroxyl groups is 1. The molecule has 2 aromatic rings. The highest BCUT2D eigenvalue weighted by atomic mass is 32.2. The molecule has 3 rings (SSSR count). The average Bonchev–Trinajstić information content (AvgIpc) is 3.03. The van der Waals surface area contributed by atoms with Gasteiger partial charge in [0, 0.05) is 37.9 Å². The Balaban J connectivity index is 2.03. The summed E-state index contributed by atoms with van der Waals surface area (Å²) in [6.45, 7) is 0.845. The molecule has 1 aliphatic heterocycles. The number of hydrogen-bond acceptors (Lipinski definition) is 5. The van der Waals surface area contributed by atoms with Crippen molar-refractivity contribution < 1.29 is 13.5 Å². The fourth-order valence-electron chi connectivity index (χ4n) is 2.50. The normalized spacial score (nSPS) is 23.8. The number of fused-ring (bicyclic) bond motifs is 1. The van der Waals surface area contributed by atoms with Crippen LogP contribution in [0.3, 0.4) is 0 Å². The molecule has 7 nitrogen and oxygen atoms in total. The van der Waals surface area contributed by atoms with E-state index in [2.05, 4.69) is 15.3 Å². The number of aromatic nitrogens is 2. The number of H-pyrrole nitrogens is 1. The molecule has 1 aliphatic rings. The van der Waals surface area contributed by atoms with Gasteiger partial charge in [-0.25, -0.2) is 13.4 Å². The van der Waals surface area contributed by atoms with E-state index in [1.165, 1.54) is 17.5 Å². The molecule has 108 valence electrons. The van der Waals surface area contributed by atoms with Crippen LogP contribution in [0.15, 0.2) is 29.4 Å². The lowest BCUT2D eigenvalue weighted by Crippen LogP contribution is -2.44. The van der Waals surface area contributed by atoms with Crippen molar-refractivity contribution in [2.45, 2.75) is 17.0 Å². The zero-order valence-electron chi connectivity index (χ0n) is 10.9. The van der Waals surface area contributed by atoms with Crippen LogP contribution < -0.4 is 5.32 Å². The lowest BCUT2D eigenvalue weighted by Gasteiger charge is -2.25. The topological polar surface area (TPSA) is 98.3 Å². The number of rotatable bonds is 3. The monoisotopic (exact) mass is 296 g/mol. The number of β-amino-alcohol motifs (C(OH)–C–C–N with tert-alkyl or cyclic N) is 1. The van der Waals surface area contributed by atoms with Gasteiger partial charge in [0.05, 0.1) is 12.1 Å². The predicted molar refractivity (Wildman–Crippen MR) is 73.7 cm³/mol. The van der Waals surface area contributed by atoms with Gasteiger partial charge in [-0.2, -0.15) is 4.31 Å². The average molecular weight is 296 g/mol. The van der Waals surface area contributed by atoms with Gasteiger partial charge in [-0.3, -0.25) is 0 Å². The molecule has 0 radical (unpaired) electrons. The third kappa shape index (κ3) is 2.01. The molecular weight excluding hydrogens is 280 g/mol. The second-order valence-electron chi connectivity index (χ2n) is 4.87. The first-order chi connectivity index (χ1) is 9.51. The summed E-state index contributed by atoms with van der Waals surface area (Å²) in [6.07, 6.45) is 2.35. The summed E-state index contributed by atoms with van der Waals surface area (Å²) in [5, 5.41) is 13.4. The molecule has 0 aliphatic carbocycles. The maximum Gasteiger partial charge on any atom is 0.245 e. The standard InChI is InChI=1S/C12H16N4O3S/c1-16(9-5-13-6-10(9)17)20(18,19)11-7-15-12-8(11)3-2-4-14-12/h2-4,7,9-10,13,17H,5-6H2,1H3,(H,14,15)/t9-,10-/m0/s1. The molecule has 0 spiro atoms. The Kier molecular flexibility index (Phi) is 3.25. The first kappa shape index (κ1) is 13.5. The summed E-state index contributed by atoms with van der Waals surface area (Å²) in [5.74, 6) is 0. The van der Waals surface area contributed by atoms with Crippen LogP contribution in [0.5, 0.6) is 0 Å². The maximum atomic E-state index is 12.7. The Morgan fingerprint density at radius 1 is 1.45 bits per heavy atom. The van der Waals surface area contributed by atoms with Crippen molar-refractivity contribution in [1.82, 2.24) is 19.6 Å². The van der Waals surface area contributed by atoms with E-state index in [0.29, 0.717) is 24.1 Å². The van der Waals surface area contributed by atoms with Crippen molar-refractivity contribution in [3.05, 3.63) is 24.5 Å². The van der Waals surface area contributed by atoms with Crippen molar-refractivity contribution >= 4 is 21.1 Å². The van der Waals surface area contributed by atoms with Gasteiger partial charge in [0.25, 0.3) is 0 Å². The smallest absolute Gasteiger partial charge is 0.245 e. The SMILES string of the molecule is CN([C@H]1CNC[C@@H]1O)S(=O)(=O)c1c[nH]c2ncccc12. The van der Waals surface area contributed by atoms with Crippen molar-refractivity contribution in [2.75, 3.05) is 20.1 Å². The summed E-state index contributed by atoms with van der Waals surface area (Å²) in [5.41, 5.74) is 0.532. The Bertz CT molecular complexity index is 727. The molecule has 0 saturated carbocycles. The summed E-state index contributed by atoms with van der Waals surface area (Å²) < 4.78 is 26.6. The first-order valence-corrected chi connectivity index (χ1v) is 7.75. The van der Waals surface area contributed by atoms with Crippen molar-refractivity contribution in [2.24, 2.45) is 0 Å². The Morgan fingerprint density at radius 3 is 2.95 bits per heavy atom. The maximum absolute atomic E-state index is 12.7. The van der Waals surface area contributed by atoms with E-state index < -0.39 is 22.2 Å². The van der Waals surface area contributed by atoms with Gasteiger partial charge in [0.2, 0.25) is 10.0 Å². The summed E-state index contributed by atoms with van der Waals surface area (Å²) in [4.78, 5) is 7.13. The molecule has 1 saturated heterocycles. The second-order valence-corrected chi connectivity index (χ2v) is 6.83. The van der Waals surface area contributed by atoms with Gasteiger partial charge < -0.3 is 15.4 Å². The lowest BCUT2D eigenvalue weighted by atomic mass is 10.2. The van der Waals surface area contributed by atoms with Crippen molar-refractivity contribution in [3.8, 4) is 0 Å². The highest BCUT2D eigenvalue weighted by Crippen LogP contribution is 2.25. The van der Waals surface area contributed by atoms with E-state index in [0.717, 1.165) is 0 Å². The molecule has 0 unspecified atom stereocenters. The minimum atomic E-state index is -3.68. The largest absolute Gasteiger partial charge is 0.390 e. The Hall–Kier alpha value is -1.48. The molecule has 2 atom stereocenters. The summed E-state index contributed by atoms with van der Waals surface area (Å²) >= 11 is 0. The molecule has 3 N–H and O–H groups in total. The minimum absolute atomic E-state index is 0.183. The van der Waals surface area contributed by atoms with E-state index in [1.54, 1.807) is 18.3 Å². The summed E-state index contributed by atoms with van der Waals surface area (Å²) in [6, 6.07) is 2.95. The third-order valence-corrected chi connectivity index (χ3v) is 5.61. The predicted octanol–water partition coefficient (Wildman–Crippen LogP) is -0.484. The first-order valence-electron chi connectivity index (χ1n) is 6.31. The van der Waals surface area contributed by atoms with Gasteiger partial charge >= 0.3 is 0 Å². The van der Waals surface area contributed by atoms with Crippen LogP contribution in [-0.2, 0) is 10.0 Å². The van der Waals surface area contributed by atoms with Crippen LogP contribution in [0.1, 0.15) is 0 Å². The Morgan fingerprint density at radius 2 is 2.25 bits per heavy atom. The van der Waals surface area contributed by atoms with E-state index >= 15 is 0 Å². The lowest BCUT2D eigenvalue weighted by molar-refractivity contribution is 0.136. The van der Waals surface area contributed by atoms with Gasteiger partial charge in [-0.15, -0.1) is 0 Å². The fourth-order valence-corrected chi connectivity index (χ4v) is 4.03. The number of likely N-dealkylation sites (N-methyl/N-ethyl adjacent to an activating group) is 1. The highest BCUT2D eigenvalue weighted by Gasteiger charge is 2.36. The number of aliphatic hydroxyl groups excluding tert-OH is 1. The number of aromatic amines is 1. The minimum Gasteiger partial charge on any atom is -0.390 e. The van der Waals surface area contributed by atoms with Crippen molar-refractivity contribution in [1.29, 1.82) is 0 Å². The van der Waals surface area contributed by atoms with Crippen LogP contribution in [0, 0.1) is 0 Å². The zero-order chi connectivity index (χ0) is 14.3. The quantitative estimate of drug-likeness (QED) is 0.710. The highest BCUT2D eigenvalue weighted by molar-refractivity contribution is 7.89. The van der Waals surface area contributed by atoms with Crippen molar-refractivity contribution in [3.63, 3.8) is 0 Å². The van der Waals surface area contributed by atoms with Crippen LogP contribution in [0.4, 0.5) is 0 Å². The zero-order valence-corrected chi connectivity index (χ0v) is 11.8. The fraction of sp³-hybridized carbons (Fsp3) is 0.417.